The van der Waals surface area contributed by atoms with Gasteiger partial charge in [0.2, 0.25) is 10.0 Å². The number of nitrogens with zero attached hydrogens (tertiary/aromatic N) is 2. The van der Waals surface area contributed by atoms with Crippen LogP contribution in [0.15, 0.2) is 47.5 Å². The van der Waals surface area contributed by atoms with Gasteiger partial charge in [-0.2, -0.15) is 4.31 Å². The second-order valence-electron chi connectivity index (χ2n) is 6.21. The van der Waals surface area contributed by atoms with Crippen molar-refractivity contribution in [3.63, 3.8) is 0 Å². The van der Waals surface area contributed by atoms with Crippen LogP contribution in [0.4, 0.5) is 0 Å². The van der Waals surface area contributed by atoms with Crippen LogP contribution in [0.3, 0.4) is 0 Å². The van der Waals surface area contributed by atoms with Crippen molar-refractivity contribution in [1.82, 2.24) is 8.87 Å². The molecular formula is C18H24N2O3S. The van der Waals surface area contributed by atoms with E-state index in [1.54, 1.807) is 28.6 Å². The maximum absolute atomic E-state index is 13.1. The highest BCUT2D eigenvalue weighted by molar-refractivity contribution is 7.89. The van der Waals surface area contributed by atoms with Crippen molar-refractivity contribution in [3.05, 3.63) is 48.3 Å². The van der Waals surface area contributed by atoms with Crippen LogP contribution < -0.4 is 4.74 Å². The first-order chi connectivity index (χ1) is 11.5. The van der Waals surface area contributed by atoms with Gasteiger partial charge >= 0.3 is 0 Å². The third-order valence-electron chi connectivity index (χ3n) is 4.23. The maximum atomic E-state index is 13.1. The van der Waals surface area contributed by atoms with Crippen molar-refractivity contribution in [1.29, 1.82) is 0 Å². The van der Waals surface area contributed by atoms with Crippen LogP contribution in [0.2, 0.25) is 0 Å². The van der Waals surface area contributed by atoms with Gasteiger partial charge in [0.05, 0.1) is 18.0 Å². The van der Waals surface area contributed by atoms with E-state index in [4.69, 9.17) is 4.74 Å². The SMILES string of the molecule is CCCOc1ccc(S(=O)(=O)N(Cc2cccn2C)C2CC2)cc1. The van der Waals surface area contributed by atoms with Crippen LogP contribution in [-0.4, -0.2) is 29.9 Å². The Balaban J connectivity index is 1.82. The normalized spacial score (nSPS) is 15.0. The maximum Gasteiger partial charge on any atom is 0.243 e. The predicted molar refractivity (Wildman–Crippen MR) is 93.4 cm³/mol. The van der Waals surface area contributed by atoms with Gasteiger partial charge in [-0.05, 0) is 55.7 Å². The number of hydrogen-bond acceptors (Lipinski definition) is 3. The van der Waals surface area contributed by atoms with Crippen LogP contribution in [0.25, 0.3) is 0 Å². The van der Waals surface area contributed by atoms with E-state index in [1.807, 2.05) is 36.9 Å². The molecule has 3 rings (SSSR count). The number of aryl methyl sites for hydroxylation is 1. The highest BCUT2D eigenvalue weighted by Gasteiger charge is 2.38. The Hall–Kier alpha value is -1.79. The van der Waals surface area contributed by atoms with Gasteiger partial charge in [0.1, 0.15) is 5.75 Å². The zero-order chi connectivity index (χ0) is 17.2. The molecule has 2 aromatic rings. The topological polar surface area (TPSA) is 51.5 Å². The number of hydrogen-bond donors (Lipinski definition) is 0. The van der Waals surface area contributed by atoms with Gasteiger partial charge in [-0.25, -0.2) is 8.42 Å². The van der Waals surface area contributed by atoms with Gasteiger partial charge < -0.3 is 9.30 Å². The lowest BCUT2D eigenvalue weighted by Gasteiger charge is -2.22. The summed E-state index contributed by atoms with van der Waals surface area (Å²) in [6, 6.07) is 10.8. The smallest absolute Gasteiger partial charge is 0.243 e. The standard InChI is InChI=1S/C18H24N2O3S/c1-3-13-23-17-8-10-18(11-9-17)24(21,22)20(15-6-7-15)14-16-5-4-12-19(16)2/h4-5,8-12,15H,3,6-7,13-14H2,1-2H3. The second kappa shape index (κ2) is 6.99. The van der Waals surface area contributed by atoms with Gasteiger partial charge in [0.25, 0.3) is 0 Å². The van der Waals surface area contributed by atoms with E-state index < -0.39 is 10.0 Å². The van der Waals surface area contributed by atoms with Crippen LogP contribution in [0.5, 0.6) is 5.75 Å². The third-order valence-corrected chi connectivity index (χ3v) is 6.14. The number of ether oxygens (including phenoxy) is 1. The number of benzene rings is 1. The van der Waals surface area contributed by atoms with E-state index in [1.165, 1.54) is 0 Å². The third kappa shape index (κ3) is 3.65. The van der Waals surface area contributed by atoms with Gasteiger partial charge in [0.15, 0.2) is 0 Å². The minimum absolute atomic E-state index is 0.112. The Labute approximate surface area is 143 Å². The van der Waals surface area contributed by atoms with E-state index in [2.05, 4.69) is 0 Å². The minimum atomic E-state index is -3.50. The molecule has 0 aliphatic heterocycles. The number of sulfonamides is 1. The van der Waals surface area contributed by atoms with E-state index in [0.29, 0.717) is 23.8 Å². The first kappa shape index (κ1) is 17.0. The number of rotatable bonds is 8. The molecule has 0 unspecified atom stereocenters. The summed E-state index contributed by atoms with van der Waals surface area (Å²) >= 11 is 0. The van der Waals surface area contributed by atoms with E-state index in [-0.39, 0.29) is 6.04 Å². The molecule has 1 heterocycles. The molecule has 130 valence electrons. The molecule has 5 nitrogen and oxygen atoms in total. The number of aromatic nitrogens is 1. The molecule has 1 aromatic heterocycles. The monoisotopic (exact) mass is 348 g/mol. The zero-order valence-electron chi connectivity index (χ0n) is 14.2. The molecule has 0 radical (unpaired) electrons. The summed E-state index contributed by atoms with van der Waals surface area (Å²) in [5, 5.41) is 0. The Morgan fingerprint density at radius 3 is 2.46 bits per heavy atom. The first-order valence-electron chi connectivity index (χ1n) is 8.37. The summed E-state index contributed by atoms with van der Waals surface area (Å²) < 4.78 is 35.2. The summed E-state index contributed by atoms with van der Waals surface area (Å²) in [6.45, 7) is 3.08. The summed E-state index contributed by atoms with van der Waals surface area (Å²) in [5.41, 5.74) is 0.994. The fraction of sp³-hybridized carbons (Fsp3) is 0.444. The van der Waals surface area contributed by atoms with Crippen LogP contribution >= 0.6 is 0 Å². The molecular weight excluding hydrogens is 324 g/mol. The molecule has 0 bridgehead atoms. The fourth-order valence-electron chi connectivity index (χ4n) is 2.66. The molecule has 0 spiro atoms. The summed E-state index contributed by atoms with van der Waals surface area (Å²) in [5.74, 6) is 0.705. The first-order valence-corrected chi connectivity index (χ1v) is 9.81. The van der Waals surface area contributed by atoms with E-state index >= 15 is 0 Å². The van der Waals surface area contributed by atoms with Gasteiger partial charge in [-0.15, -0.1) is 0 Å². The van der Waals surface area contributed by atoms with Crippen molar-refractivity contribution < 1.29 is 13.2 Å². The predicted octanol–water partition coefficient (Wildman–Crippen LogP) is 3.17. The highest BCUT2D eigenvalue weighted by Crippen LogP contribution is 2.34. The van der Waals surface area contributed by atoms with E-state index in [9.17, 15) is 8.42 Å². The van der Waals surface area contributed by atoms with Crippen molar-refractivity contribution >= 4 is 10.0 Å². The molecule has 0 atom stereocenters. The van der Waals surface area contributed by atoms with Crippen molar-refractivity contribution in [2.24, 2.45) is 7.05 Å². The molecule has 1 saturated carbocycles. The quantitative estimate of drug-likeness (QED) is 0.736. The van der Waals surface area contributed by atoms with Crippen LogP contribution in [0.1, 0.15) is 31.9 Å². The Bertz CT molecular complexity index is 777. The van der Waals surface area contributed by atoms with Gasteiger partial charge in [0, 0.05) is 25.0 Å². The lowest BCUT2D eigenvalue weighted by molar-refractivity contribution is 0.317. The Kier molecular flexibility index (Phi) is 4.96. The largest absolute Gasteiger partial charge is 0.494 e. The molecule has 0 saturated heterocycles. The summed E-state index contributed by atoms with van der Waals surface area (Å²) in [6.07, 6.45) is 4.72. The minimum Gasteiger partial charge on any atom is -0.494 e. The van der Waals surface area contributed by atoms with Gasteiger partial charge in [-0.3, -0.25) is 0 Å². The summed E-state index contributed by atoms with van der Waals surface area (Å²) in [4.78, 5) is 0.326. The fourth-order valence-corrected chi connectivity index (χ4v) is 4.31. The van der Waals surface area contributed by atoms with Gasteiger partial charge in [-0.1, -0.05) is 6.92 Å². The lowest BCUT2D eigenvalue weighted by atomic mass is 10.3. The molecule has 1 aliphatic carbocycles. The molecule has 6 heteroatoms. The second-order valence-corrected chi connectivity index (χ2v) is 8.10. The zero-order valence-corrected chi connectivity index (χ0v) is 15.0. The molecule has 1 aromatic carbocycles. The molecule has 1 aliphatic rings. The Morgan fingerprint density at radius 1 is 1.21 bits per heavy atom. The lowest BCUT2D eigenvalue weighted by Crippen LogP contribution is -2.33. The average Bonchev–Trinajstić information content (AvgIpc) is 3.33. The molecule has 0 amide bonds. The Morgan fingerprint density at radius 2 is 1.92 bits per heavy atom. The van der Waals surface area contributed by atoms with Crippen molar-refractivity contribution in [3.8, 4) is 5.75 Å². The highest BCUT2D eigenvalue weighted by atomic mass is 32.2. The molecule has 1 fully saturated rings. The summed E-state index contributed by atoms with van der Waals surface area (Å²) in [7, 11) is -1.57. The van der Waals surface area contributed by atoms with Crippen LogP contribution in [0, 0.1) is 0 Å². The van der Waals surface area contributed by atoms with Crippen molar-refractivity contribution in [2.75, 3.05) is 6.61 Å². The average molecular weight is 348 g/mol. The van der Waals surface area contributed by atoms with Crippen LogP contribution in [-0.2, 0) is 23.6 Å². The molecule has 0 N–H and O–H groups in total. The molecule has 24 heavy (non-hydrogen) atoms. The van der Waals surface area contributed by atoms with E-state index in [0.717, 1.165) is 25.0 Å². The van der Waals surface area contributed by atoms with Crippen molar-refractivity contribution in [2.45, 2.75) is 43.7 Å².